The van der Waals surface area contributed by atoms with Crippen molar-refractivity contribution in [3.8, 4) is 20.9 Å². The molecule has 0 aliphatic carbocycles. The van der Waals surface area contributed by atoms with Gasteiger partial charge in [-0.15, -0.1) is 22.7 Å². The third-order valence-electron chi connectivity index (χ3n) is 4.25. The fourth-order valence-electron chi connectivity index (χ4n) is 2.99. The van der Waals surface area contributed by atoms with Gasteiger partial charge in [-0.1, -0.05) is 0 Å². The summed E-state index contributed by atoms with van der Waals surface area (Å²) in [4.78, 5) is 5.22. The number of aromatic nitrogens is 2. The molecular formula is C18H16N2S3. The molecule has 3 heterocycles. The summed E-state index contributed by atoms with van der Waals surface area (Å²) < 4.78 is 9.28. The van der Waals surface area contributed by atoms with E-state index >= 15 is 0 Å². The molecule has 0 saturated heterocycles. The van der Waals surface area contributed by atoms with E-state index in [0.717, 1.165) is 11.0 Å². The van der Waals surface area contributed by atoms with Crippen LogP contribution in [-0.2, 0) is 0 Å². The summed E-state index contributed by atoms with van der Waals surface area (Å²) in [5.74, 6) is 0. The van der Waals surface area contributed by atoms with Crippen molar-refractivity contribution in [2.75, 3.05) is 0 Å². The fourth-order valence-corrected chi connectivity index (χ4v) is 5.49. The Morgan fingerprint density at radius 3 is 1.43 bits per heavy atom. The van der Waals surface area contributed by atoms with Gasteiger partial charge in [-0.3, -0.25) is 0 Å². The van der Waals surface area contributed by atoms with Crippen LogP contribution in [0.4, 0.5) is 0 Å². The fraction of sp³-hybridized carbons (Fsp3) is 0.222. The molecule has 5 heteroatoms. The summed E-state index contributed by atoms with van der Waals surface area (Å²) in [6.45, 7) is 8.72. The first-order valence-electron chi connectivity index (χ1n) is 7.45. The van der Waals surface area contributed by atoms with E-state index < -0.39 is 0 Å². The second kappa shape index (κ2) is 5.51. The van der Waals surface area contributed by atoms with Crippen LogP contribution in [0.1, 0.15) is 20.9 Å². The van der Waals surface area contributed by atoms with Gasteiger partial charge in [0.2, 0.25) is 0 Å². The lowest BCUT2D eigenvalue weighted by Gasteiger charge is -2.13. The number of thiophene rings is 2. The second-order valence-corrected chi connectivity index (χ2v) is 8.89. The first-order valence-corrected chi connectivity index (χ1v) is 9.81. The van der Waals surface area contributed by atoms with Crippen LogP contribution >= 0.6 is 34.4 Å². The number of rotatable bonds is 2. The molecule has 0 amide bonds. The van der Waals surface area contributed by atoms with E-state index in [9.17, 15) is 0 Å². The Morgan fingerprint density at radius 1 is 0.652 bits per heavy atom. The number of fused-ring (bicyclic) bond motifs is 1. The van der Waals surface area contributed by atoms with E-state index in [1.807, 2.05) is 22.7 Å². The molecule has 0 saturated carbocycles. The Kier molecular flexibility index (Phi) is 3.59. The van der Waals surface area contributed by atoms with Crippen LogP contribution in [0.2, 0.25) is 0 Å². The van der Waals surface area contributed by atoms with Crippen LogP contribution < -0.4 is 0 Å². The summed E-state index contributed by atoms with van der Waals surface area (Å²) in [5.41, 5.74) is 7.21. The van der Waals surface area contributed by atoms with Crippen molar-refractivity contribution < 1.29 is 0 Å². The van der Waals surface area contributed by atoms with Crippen molar-refractivity contribution in [2.45, 2.75) is 27.7 Å². The van der Waals surface area contributed by atoms with Gasteiger partial charge in [0, 0.05) is 30.6 Å². The normalized spacial score (nSPS) is 11.5. The minimum Gasteiger partial charge on any atom is -0.172 e. The maximum absolute atomic E-state index is 4.64. The van der Waals surface area contributed by atoms with Crippen LogP contribution in [0.15, 0.2) is 24.3 Å². The molecular weight excluding hydrogens is 340 g/mol. The highest BCUT2D eigenvalue weighted by atomic mass is 32.1. The molecule has 0 unspecified atom stereocenters. The minimum atomic E-state index is 1.04. The van der Waals surface area contributed by atoms with E-state index in [4.69, 9.17) is 0 Å². The van der Waals surface area contributed by atoms with Gasteiger partial charge in [0.1, 0.15) is 11.0 Å². The van der Waals surface area contributed by atoms with E-state index in [1.54, 1.807) is 0 Å². The summed E-state index contributed by atoms with van der Waals surface area (Å²) in [7, 11) is 0. The van der Waals surface area contributed by atoms with Crippen LogP contribution in [0, 0.1) is 27.7 Å². The summed E-state index contributed by atoms with van der Waals surface area (Å²) in [6.07, 6.45) is 0. The molecule has 0 N–H and O–H groups in total. The number of aryl methyl sites for hydroxylation is 2. The molecule has 3 aromatic heterocycles. The predicted molar refractivity (Wildman–Crippen MR) is 103 cm³/mol. The molecule has 0 atom stereocenters. The van der Waals surface area contributed by atoms with Crippen LogP contribution in [0.3, 0.4) is 0 Å². The standard InChI is InChI=1S/C18H16N2S3/c1-9-5-7-13(21-9)15-11(3)12(4)16(14-8-6-10(2)22-14)18-17(15)19-23-20-18/h5-8H,1-4H3. The highest BCUT2D eigenvalue weighted by molar-refractivity contribution is 7.16. The van der Waals surface area contributed by atoms with Crippen molar-refractivity contribution in [3.05, 3.63) is 45.1 Å². The zero-order chi connectivity index (χ0) is 16.1. The Hall–Kier alpha value is -1.56. The second-order valence-electron chi connectivity index (χ2n) is 5.78. The lowest BCUT2D eigenvalue weighted by molar-refractivity contribution is 1.36. The van der Waals surface area contributed by atoms with Crippen molar-refractivity contribution in [2.24, 2.45) is 0 Å². The maximum atomic E-state index is 4.64. The molecule has 23 heavy (non-hydrogen) atoms. The molecule has 2 nitrogen and oxygen atoms in total. The quantitative estimate of drug-likeness (QED) is 0.416. The van der Waals surface area contributed by atoms with Gasteiger partial charge in [-0.05, 0) is 63.1 Å². The topological polar surface area (TPSA) is 25.8 Å². The summed E-state index contributed by atoms with van der Waals surface area (Å²) in [5, 5.41) is 0. The molecule has 0 aliphatic heterocycles. The molecule has 0 radical (unpaired) electrons. The Balaban J connectivity index is 2.09. The maximum Gasteiger partial charge on any atom is 0.114 e. The van der Waals surface area contributed by atoms with Gasteiger partial charge in [-0.25, -0.2) is 0 Å². The first-order chi connectivity index (χ1) is 11.1. The van der Waals surface area contributed by atoms with Crippen LogP contribution in [-0.4, -0.2) is 8.75 Å². The Morgan fingerprint density at radius 2 is 1.09 bits per heavy atom. The number of nitrogens with zero attached hydrogens (tertiary/aromatic N) is 2. The SMILES string of the molecule is Cc1ccc(-c2c(C)c(C)c(-c3ccc(C)s3)c3nsnc23)s1. The van der Waals surface area contributed by atoms with Crippen molar-refractivity contribution >= 4 is 45.4 Å². The molecule has 0 fully saturated rings. The summed E-state index contributed by atoms with van der Waals surface area (Å²) >= 11 is 4.97. The molecule has 4 aromatic rings. The molecule has 0 spiro atoms. The Bertz CT molecular complexity index is 940. The van der Waals surface area contributed by atoms with Crippen LogP contribution in [0.25, 0.3) is 31.9 Å². The number of hydrogen-bond donors (Lipinski definition) is 0. The molecule has 4 rings (SSSR count). The van der Waals surface area contributed by atoms with Gasteiger partial charge in [-0.2, -0.15) is 8.75 Å². The first kappa shape index (κ1) is 15.0. The monoisotopic (exact) mass is 356 g/mol. The minimum absolute atomic E-state index is 1.04. The third-order valence-corrected chi connectivity index (χ3v) is 6.81. The lowest BCUT2D eigenvalue weighted by Crippen LogP contribution is -1.93. The average molecular weight is 357 g/mol. The molecule has 116 valence electrons. The van der Waals surface area contributed by atoms with Gasteiger partial charge in [0.05, 0.1) is 11.7 Å². The highest BCUT2D eigenvalue weighted by Gasteiger charge is 2.21. The van der Waals surface area contributed by atoms with Gasteiger partial charge in [0.15, 0.2) is 0 Å². The van der Waals surface area contributed by atoms with Crippen molar-refractivity contribution in [3.63, 3.8) is 0 Å². The third kappa shape index (κ3) is 2.35. The van der Waals surface area contributed by atoms with E-state index in [1.165, 1.54) is 53.5 Å². The molecule has 1 aromatic carbocycles. The van der Waals surface area contributed by atoms with E-state index in [2.05, 4.69) is 60.7 Å². The van der Waals surface area contributed by atoms with Crippen LogP contribution in [0.5, 0.6) is 0 Å². The number of benzene rings is 1. The largest absolute Gasteiger partial charge is 0.172 e. The molecule has 0 bridgehead atoms. The average Bonchev–Trinajstić information content (AvgIpc) is 3.23. The van der Waals surface area contributed by atoms with Gasteiger partial charge >= 0.3 is 0 Å². The van der Waals surface area contributed by atoms with E-state index in [-0.39, 0.29) is 0 Å². The molecule has 0 aliphatic rings. The highest BCUT2D eigenvalue weighted by Crippen LogP contribution is 2.43. The van der Waals surface area contributed by atoms with Crippen molar-refractivity contribution in [1.29, 1.82) is 0 Å². The smallest absolute Gasteiger partial charge is 0.114 e. The van der Waals surface area contributed by atoms with Gasteiger partial charge in [0.25, 0.3) is 0 Å². The van der Waals surface area contributed by atoms with Gasteiger partial charge < -0.3 is 0 Å². The predicted octanol–water partition coefficient (Wildman–Crippen LogP) is 6.38. The summed E-state index contributed by atoms with van der Waals surface area (Å²) in [6, 6.07) is 8.76. The zero-order valence-electron chi connectivity index (χ0n) is 13.4. The van der Waals surface area contributed by atoms with E-state index in [0.29, 0.717) is 0 Å². The van der Waals surface area contributed by atoms with Crippen molar-refractivity contribution in [1.82, 2.24) is 8.75 Å². The number of hydrogen-bond acceptors (Lipinski definition) is 5. The zero-order valence-corrected chi connectivity index (χ0v) is 15.9. The Labute approximate surface area is 147 Å². The lowest BCUT2D eigenvalue weighted by atomic mass is 9.94.